The van der Waals surface area contributed by atoms with Gasteiger partial charge in [-0.05, 0) is 109 Å². The summed E-state index contributed by atoms with van der Waals surface area (Å²) in [7, 11) is 0. The van der Waals surface area contributed by atoms with Crippen molar-refractivity contribution in [3.8, 4) is 11.1 Å². The first-order valence-corrected chi connectivity index (χ1v) is 14.5. The quantitative estimate of drug-likeness (QED) is 0.249. The second kappa shape index (κ2) is 14.6. The normalized spacial score (nSPS) is 15.1. The SMILES string of the molecule is CCC(C)C1CCc2[nH]ncc2C1.CCCCC(C)=O.Cc1c(Cl)cc(-c2ccc3[nH]ccc3c2)cc1Cl. The number of ketones is 1. The van der Waals surface area contributed by atoms with Crippen molar-refractivity contribution in [2.75, 3.05) is 0 Å². The minimum Gasteiger partial charge on any atom is -0.361 e. The molecule has 5 rings (SSSR count). The van der Waals surface area contributed by atoms with Crippen LogP contribution in [0.25, 0.3) is 22.0 Å². The van der Waals surface area contributed by atoms with Crippen molar-refractivity contribution in [2.45, 2.75) is 79.6 Å². The van der Waals surface area contributed by atoms with Crippen molar-refractivity contribution in [3.63, 3.8) is 0 Å². The number of hydrogen-bond acceptors (Lipinski definition) is 2. The Bertz CT molecular complexity index is 1300. The molecule has 0 saturated heterocycles. The number of fused-ring (bicyclic) bond motifs is 2. The average Bonchev–Trinajstić information content (AvgIpc) is 3.59. The van der Waals surface area contributed by atoms with Gasteiger partial charge in [0.15, 0.2) is 0 Å². The highest BCUT2D eigenvalue weighted by Gasteiger charge is 2.23. The summed E-state index contributed by atoms with van der Waals surface area (Å²) in [6.45, 7) is 10.3. The van der Waals surface area contributed by atoms with E-state index in [0.717, 1.165) is 53.3 Å². The first kappa shape index (κ1) is 30.0. The van der Waals surface area contributed by atoms with Gasteiger partial charge in [-0.1, -0.05) is 62.9 Å². The zero-order valence-electron chi connectivity index (χ0n) is 23.3. The highest BCUT2D eigenvalue weighted by Crippen LogP contribution is 2.32. The maximum atomic E-state index is 10.2. The average molecular weight is 555 g/mol. The van der Waals surface area contributed by atoms with E-state index in [9.17, 15) is 4.79 Å². The molecule has 2 N–H and O–H groups in total. The Morgan fingerprint density at radius 1 is 1.11 bits per heavy atom. The van der Waals surface area contributed by atoms with Crippen molar-refractivity contribution in [2.24, 2.45) is 11.8 Å². The number of nitrogens with zero attached hydrogens (tertiary/aromatic N) is 1. The third kappa shape index (κ3) is 8.22. The minimum absolute atomic E-state index is 0.307. The maximum absolute atomic E-state index is 10.2. The summed E-state index contributed by atoms with van der Waals surface area (Å²) >= 11 is 12.4. The number of carbonyl (C=O) groups is 1. The minimum atomic E-state index is 0.307. The lowest BCUT2D eigenvalue weighted by Gasteiger charge is -2.26. The lowest BCUT2D eigenvalue weighted by molar-refractivity contribution is -0.117. The third-order valence-corrected chi connectivity index (χ3v) is 8.34. The van der Waals surface area contributed by atoms with E-state index in [1.807, 2.05) is 31.5 Å². The van der Waals surface area contributed by atoms with Gasteiger partial charge < -0.3 is 9.78 Å². The number of Topliss-reactive ketones (excluding diaryl/α,β-unsaturated/α-hetero) is 1. The summed E-state index contributed by atoms with van der Waals surface area (Å²) < 4.78 is 0. The Morgan fingerprint density at radius 3 is 2.47 bits per heavy atom. The number of carbonyl (C=O) groups excluding carboxylic acids is 1. The van der Waals surface area contributed by atoms with Gasteiger partial charge >= 0.3 is 0 Å². The fourth-order valence-corrected chi connectivity index (χ4v) is 5.22. The van der Waals surface area contributed by atoms with Gasteiger partial charge in [0.25, 0.3) is 0 Å². The molecule has 0 saturated carbocycles. The van der Waals surface area contributed by atoms with E-state index >= 15 is 0 Å². The monoisotopic (exact) mass is 553 g/mol. The number of benzene rings is 2. The van der Waals surface area contributed by atoms with Gasteiger partial charge in [0.1, 0.15) is 5.78 Å². The Kier molecular flexibility index (Phi) is 11.5. The molecule has 1 aliphatic rings. The number of nitrogens with one attached hydrogen (secondary N) is 2. The van der Waals surface area contributed by atoms with Crippen LogP contribution in [-0.4, -0.2) is 21.0 Å². The molecule has 0 fully saturated rings. The summed E-state index contributed by atoms with van der Waals surface area (Å²) in [5.74, 6) is 2.06. The molecule has 38 heavy (non-hydrogen) atoms. The first-order chi connectivity index (χ1) is 18.2. The van der Waals surface area contributed by atoms with Gasteiger partial charge in [-0.2, -0.15) is 5.10 Å². The zero-order valence-corrected chi connectivity index (χ0v) is 24.8. The second-order valence-corrected chi connectivity index (χ2v) is 11.2. The zero-order chi connectivity index (χ0) is 27.7. The van der Waals surface area contributed by atoms with Crippen LogP contribution in [0.2, 0.25) is 10.0 Å². The number of halogens is 2. The van der Waals surface area contributed by atoms with Gasteiger partial charge in [0, 0.05) is 33.9 Å². The smallest absolute Gasteiger partial charge is 0.129 e. The number of aryl methyl sites for hydroxylation is 1. The fourth-order valence-electron chi connectivity index (χ4n) is 4.73. The molecule has 4 nitrogen and oxygen atoms in total. The van der Waals surface area contributed by atoms with Crippen molar-refractivity contribution in [1.82, 2.24) is 15.2 Å². The molecular weight excluding hydrogens is 513 g/mol. The Labute approximate surface area is 237 Å². The Morgan fingerprint density at radius 2 is 1.84 bits per heavy atom. The fraction of sp³-hybridized carbons (Fsp3) is 0.438. The van der Waals surface area contributed by atoms with Crippen LogP contribution >= 0.6 is 23.2 Å². The molecule has 6 heteroatoms. The number of unbranched alkanes of at least 4 members (excludes halogenated alkanes) is 1. The van der Waals surface area contributed by atoms with Crippen LogP contribution in [0.15, 0.2) is 48.8 Å². The van der Waals surface area contributed by atoms with Gasteiger partial charge in [-0.25, -0.2) is 0 Å². The van der Waals surface area contributed by atoms with E-state index in [1.54, 1.807) is 6.92 Å². The van der Waals surface area contributed by atoms with E-state index in [2.05, 4.69) is 60.2 Å². The lowest BCUT2D eigenvalue weighted by atomic mass is 9.79. The topological polar surface area (TPSA) is 61.5 Å². The largest absolute Gasteiger partial charge is 0.361 e. The van der Waals surface area contributed by atoms with E-state index in [-0.39, 0.29) is 0 Å². The maximum Gasteiger partial charge on any atom is 0.129 e. The first-order valence-electron chi connectivity index (χ1n) is 13.8. The van der Waals surface area contributed by atoms with Crippen molar-refractivity contribution in [1.29, 1.82) is 0 Å². The van der Waals surface area contributed by atoms with Crippen LogP contribution in [-0.2, 0) is 17.6 Å². The van der Waals surface area contributed by atoms with Gasteiger partial charge in [0.05, 0.1) is 6.20 Å². The molecule has 2 atom stereocenters. The molecule has 4 aromatic rings. The van der Waals surface area contributed by atoms with Crippen LogP contribution in [0.3, 0.4) is 0 Å². The summed E-state index contributed by atoms with van der Waals surface area (Å²) in [4.78, 5) is 13.4. The highest BCUT2D eigenvalue weighted by atomic mass is 35.5. The summed E-state index contributed by atoms with van der Waals surface area (Å²) in [5, 5.41) is 9.77. The molecule has 2 aromatic heterocycles. The molecule has 1 aliphatic carbocycles. The Hall–Kier alpha value is -2.56. The predicted molar refractivity (Wildman–Crippen MR) is 162 cm³/mol. The van der Waals surface area contributed by atoms with Crippen LogP contribution < -0.4 is 0 Å². The highest BCUT2D eigenvalue weighted by molar-refractivity contribution is 6.36. The van der Waals surface area contributed by atoms with E-state index in [1.165, 1.54) is 42.3 Å². The number of rotatable bonds is 6. The molecule has 0 aliphatic heterocycles. The third-order valence-electron chi connectivity index (χ3n) is 7.55. The van der Waals surface area contributed by atoms with Gasteiger partial charge in [-0.15, -0.1) is 0 Å². The Balaban J connectivity index is 0.000000175. The molecule has 0 spiro atoms. The predicted octanol–water partition coefficient (Wildman–Crippen LogP) is 9.78. The molecule has 0 amide bonds. The molecular formula is C32H41Cl2N3O. The standard InChI is InChI=1S/C15H11Cl2N.C11H18N2.C6H12O/c1-9-13(16)7-12(8-14(9)17)10-2-3-15-11(6-10)4-5-18-15;1-3-8(2)9-4-5-11-10(6-9)7-12-13-11;1-3-4-5-6(2)7/h2-8,18H,1H3;7-9H,3-6H2,1-2H3,(H,12,13);3-5H2,1-2H3. The summed E-state index contributed by atoms with van der Waals surface area (Å²) in [5.41, 5.74) is 7.04. The molecule has 0 radical (unpaired) electrons. The van der Waals surface area contributed by atoms with Crippen LogP contribution in [0.4, 0.5) is 0 Å². The van der Waals surface area contributed by atoms with E-state index < -0.39 is 0 Å². The molecule has 2 unspecified atom stereocenters. The lowest BCUT2D eigenvalue weighted by Crippen LogP contribution is -2.19. The molecule has 0 bridgehead atoms. The molecule has 2 aromatic carbocycles. The number of aromatic nitrogens is 3. The van der Waals surface area contributed by atoms with E-state index in [0.29, 0.717) is 15.8 Å². The number of H-pyrrole nitrogens is 2. The van der Waals surface area contributed by atoms with Crippen LogP contribution in [0.1, 0.15) is 76.6 Å². The van der Waals surface area contributed by atoms with Gasteiger partial charge in [0.2, 0.25) is 0 Å². The molecule has 2 heterocycles. The van der Waals surface area contributed by atoms with Crippen molar-refractivity contribution < 1.29 is 4.79 Å². The molecule has 204 valence electrons. The summed E-state index contributed by atoms with van der Waals surface area (Å²) in [6, 6.07) is 12.2. The number of aromatic amines is 2. The summed E-state index contributed by atoms with van der Waals surface area (Å²) in [6.07, 6.45) is 12.0. The number of hydrogen-bond donors (Lipinski definition) is 2. The second-order valence-electron chi connectivity index (χ2n) is 10.4. The van der Waals surface area contributed by atoms with Crippen molar-refractivity contribution >= 4 is 39.9 Å². The van der Waals surface area contributed by atoms with Crippen molar-refractivity contribution in [3.05, 3.63) is 75.7 Å². The van der Waals surface area contributed by atoms with Gasteiger partial charge in [-0.3, -0.25) is 5.10 Å². The van der Waals surface area contributed by atoms with E-state index in [4.69, 9.17) is 23.2 Å². The van der Waals surface area contributed by atoms with Crippen LogP contribution in [0.5, 0.6) is 0 Å². The van der Waals surface area contributed by atoms with Crippen LogP contribution in [0, 0.1) is 18.8 Å².